The first-order valence-corrected chi connectivity index (χ1v) is 4.03. The van der Waals surface area contributed by atoms with E-state index in [0.29, 0.717) is 5.56 Å². The minimum Gasteiger partial charge on any atom is -0.445 e. The van der Waals surface area contributed by atoms with Crippen molar-refractivity contribution in [2.45, 2.75) is 6.92 Å². The van der Waals surface area contributed by atoms with Gasteiger partial charge in [0.1, 0.15) is 5.82 Å². The van der Waals surface area contributed by atoms with Crippen molar-refractivity contribution in [2.75, 3.05) is 0 Å². The van der Waals surface area contributed by atoms with Gasteiger partial charge in [0.15, 0.2) is 0 Å². The summed E-state index contributed by atoms with van der Waals surface area (Å²) in [6, 6.07) is 3.81. The van der Waals surface area contributed by atoms with Crippen LogP contribution in [0.3, 0.4) is 0 Å². The van der Waals surface area contributed by atoms with Gasteiger partial charge < -0.3 is 12.9 Å². The van der Waals surface area contributed by atoms with Crippen LogP contribution < -0.4 is 51.4 Å². The van der Waals surface area contributed by atoms with Crippen LogP contribution in [-0.4, -0.2) is 6.98 Å². The molecule has 6 heteroatoms. The van der Waals surface area contributed by atoms with E-state index in [9.17, 15) is 17.3 Å². The first-order chi connectivity index (χ1) is 6.37. The van der Waals surface area contributed by atoms with Crippen molar-refractivity contribution >= 4 is 13.1 Å². The molecule has 0 bridgehead atoms. The summed E-state index contributed by atoms with van der Waals surface area (Å²) in [6.07, 6.45) is 0.871. The molecule has 15 heavy (non-hydrogen) atoms. The molecule has 0 heterocycles. The molecule has 0 nitrogen and oxygen atoms in total. The zero-order valence-corrected chi connectivity index (χ0v) is 11.6. The number of benzene rings is 1. The molecular formula is C9H8BF4K. The van der Waals surface area contributed by atoms with Crippen LogP contribution in [0.4, 0.5) is 17.3 Å². The molecule has 0 amide bonds. The molecule has 1 aromatic rings. The van der Waals surface area contributed by atoms with Crippen molar-refractivity contribution in [2.24, 2.45) is 0 Å². The molecule has 0 aliphatic carbocycles. The summed E-state index contributed by atoms with van der Waals surface area (Å²) in [5.74, 6) is -0.381. The normalized spacial score (nSPS) is 11.5. The van der Waals surface area contributed by atoms with E-state index in [-0.39, 0.29) is 62.9 Å². The molecule has 1 rings (SSSR count). The molecule has 0 aliphatic heterocycles. The Morgan fingerprint density at radius 2 is 1.73 bits per heavy atom. The SMILES string of the molecule is Cc1cc(F)cc(/C=C/[B-](F)(F)F)c1.[K+]. The Morgan fingerprint density at radius 3 is 2.20 bits per heavy atom. The Kier molecular flexibility index (Phi) is 6.36. The van der Waals surface area contributed by atoms with E-state index in [0.717, 1.165) is 12.1 Å². The van der Waals surface area contributed by atoms with Crippen molar-refractivity contribution < 1.29 is 68.7 Å². The van der Waals surface area contributed by atoms with Gasteiger partial charge in [-0.15, -0.1) is 5.98 Å². The van der Waals surface area contributed by atoms with Crippen molar-refractivity contribution in [3.8, 4) is 0 Å². The van der Waals surface area contributed by atoms with Crippen LogP contribution in [0.5, 0.6) is 0 Å². The van der Waals surface area contributed by atoms with Crippen LogP contribution >= 0.6 is 0 Å². The van der Waals surface area contributed by atoms with E-state index in [1.54, 1.807) is 6.92 Å². The van der Waals surface area contributed by atoms with Crippen LogP contribution in [-0.2, 0) is 0 Å². The molecule has 0 aliphatic rings. The van der Waals surface area contributed by atoms with Gasteiger partial charge in [0, 0.05) is 0 Å². The largest absolute Gasteiger partial charge is 1.00 e. The molecule has 0 spiro atoms. The van der Waals surface area contributed by atoms with E-state index >= 15 is 0 Å². The zero-order chi connectivity index (χ0) is 10.8. The Labute approximate surface area is 128 Å². The Bertz CT molecular complexity index is 339. The van der Waals surface area contributed by atoms with Gasteiger partial charge in [-0.05, 0) is 30.2 Å². The summed E-state index contributed by atoms with van der Waals surface area (Å²) in [4.78, 5) is 0. The van der Waals surface area contributed by atoms with E-state index in [4.69, 9.17) is 0 Å². The fourth-order valence-electron chi connectivity index (χ4n) is 1.08. The number of aryl methyl sites for hydroxylation is 1. The number of rotatable bonds is 2. The minimum atomic E-state index is -4.95. The molecule has 1 aromatic carbocycles. The van der Waals surface area contributed by atoms with Gasteiger partial charge in [-0.2, -0.15) is 0 Å². The molecule has 0 radical (unpaired) electrons. The van der Waals surface area contributed by atoms with Crippen LogP contribution in [0.2, 0.25) is 0 Å². The van der Waals surface area contributed by atoms with Crippen molar-refractivity contribution in [3.63, 3.8) is 0 Å². The minimum absolute atomic E-state index is 0. The van der Waals surface area contributed by atoms with Crippen molar-refractivity contribution in [3.05, 3.63) is 41.1 Å². The molecule has 0 saturated carbocycles. The van der Waals surface area contributed by atoms with Gasteiger partial charge in [-0.3, -0.25) is 0 Å². The second kappa shape index (κ2) is 6.20. The summed E-state index contributed by atoms with van der Waals surface area (Å²) in [6.45, 7) is -3.33. The molecule has 0 aromatic heterocycles. The van der Waals surface area contributed by atoms with Crippen LogP contribution in [0.25, 0.3) is 6.08 Å². The van der Waals surface area contributed by atoms with Crippen LogP contribution in [0, 0.1) is 12.7 Å². The van der Waals surface area contributed by atoms with Gasteiger partial charge in [0.25, 0.3) is 0 Å². The topological polar surface area (TPSA) is 0 Å². The molecule has 0 atom stereocenters. The number of halogens is 4. The summed E-state index contributed by atoms with van der Waals surface area (Å²) in [5.41, 5.74) is 0.820. The van der Waals surface area contributed by atoms with E-state index < -0.39 is 12.8 Å². The first kappa shape index (κ1) is 15.4. The Balaban J connectivity index is 0.00000196. The Morgan fingerprint density at radius 1 is 1.13 bits per heavy atom. The average molecular weight is 242 g/mol. The fourth-order valence-corrected chi connectivity index (χ4v) is 1.08. The van der Waals surface area contributed by atoms with Gasteiger partial charge in [0.05, 0.1) is 0 Å². The first-order valence-electron chi connectivity index (χ1n) is 4.03. The standard InChI is InChI=1S/C9H8BF4.K/c1-7-4-8(6-9(11)5-7)2-3-10(12,13)14;/h2-6H,1H3;/q-1;+1/b3-2+;. The van der Waals surface area contributed by atoms with Gasteiger partial charge >= 0.3 is 58.4 Å². The molecule has 0 saturated heterocycles. The summed E-state index contributed by atoms with van der Waals surface area (Å²) < 4.78 is 48.2. The average Bonchev–Trinajstić information content (AvgIpc) is 1.97. The maximum atomic E-state index is 12.7. The quantitative estimate of drug-likeness (QED) is 0.524. The zero-order valence-electron chi connectivity index (χ0n) is 8.48. The number of hydrogen-bond acceptors (Lipinski definition) is 0. The maximum Gasteiger partial charge on any atom is 1.00 e. The predicted octanol–water partition coefficient (Wildman–Crippen LogP) is 0.538. The second-order valence-electron chi connectivity index (χ2n) is 3.05. The van der Waals surface area contributed by atoms with Gasteiger partial charge in [-0.25, -0.2) is 4.39 Å². The molecule has 0 N–H and O–H groups in total. The van der Waals surface area contributed by atoms with Crippen molar-refractivity contribution in [1.29, 1.82) is 0 Å². The van der Waals surface area contributed by atoms with Crippen molar-refractivity contribution in [1.82, 2.24) is 0 Å². The van der Waals surface area contributed by atoms with Crippen LogP contribution in [0.15, 0.2) is 24.2 Å². The summed E-state index contributed by atoms with van der Waals surface area (Å²) in [7, 11) is 0. The summed E-state index contributed by atoms with van der Waals surface area (Å²) in [5, 5.41) is 0. The predicted molar refractivity (Wildman–Crippen MR) is 49.2 cm³/mol. The number of hydrogen-bond donors (Lipinski definition) is 0. The Hall–Kier alpha value is 0.381. The second-order valence-corrected chi connectivity index (χ2v) is 3.05. The van der Waals surface area contributed by atoms with Crippen LogP contribution in [0.1, 0.15) is 11.1 Å². The molecule has 0 unspecified atom stereocenters. The van der Waals surface area contributed by atoms with Gasteiger partial charge in [-0.1, -0.05) is 12.1 Å². The summed E-state index contributed by atoms with van der Waals surface area (Å²) >= 11 is 0. The fraction of sp³-hybridized carbons (Fsp3) is 0.111. The maximum absolute atomic E-state index is 12.7. The third kappa shape index (κ3) is 6.52. The van der Waals surface area contributed by atoms with Gasteiger partial charge in [0.2, 0.25) is 0 Å². The van der Waals surface area contributed by atoms with E-state index in [1.807, 2.05) is 0 Å². The third-order valence-electron chi connectivity index (χ3n) is 1.57. The van der Waals surface area contributed by atoms with E-state index in [1.165, 1.54) is 12.1 Å². The van der Waals surface area contributed by atoms with E-state index in [2.05, 4.69) is 0 Å². The molecule has 0 fully saturated rings. The molecule has 76 valence electrons. The monoisotopic (exact) mass is 242 g/mol. The smallest absolute Gasteiger partial charge is 0.445 e. The third-order valence-corrected chi connectivity index (χ3v) is 1.57. The molecular weight excluding hydrogens is 234 g/mol.